The van der Waals surface area contributed by atoms with Crippen molar-refractivity contribution in [3.8, 4) is 17.2 Å². The van der Waals surface area contributed by atoms with E-state index >= 15 is 0 Å². The van der Waals surface area contributed by atoms with Gasteiger partial charge >= 0.3 is 0 Å². The second-order valence-electron chi connectivity index (χ2n) is 7.76. The number of hydrogen-bond donors (Lipinski definition) is 1. The van der Waals surface area contributed by atoms with E-state index in [9.17, 15) is 4.79 Å². The summed E-state index contributed by atoms with van der Waals surface area (Å²) in [6.45, 7) is 5.78. The van der Waals surface area contributed by atoms with Crippen molar-refractivity contribution in [2.24, 2.45) is 0 Å². The third-order valence-corrected chi connectivity index (χ3v) is 7.60. The van der Waals surface area contributed by atoms with Crippen molar-refractivity contribution in [1.82, 2.24) is 14.8 Å². The van der Waals surface area contributed by atoms with Crippen LogP contribution in [0.1, 0.15) is 34.6 Å². The Balaban J connectivity index is 1.23. The van der Waals surface area contributed by atoms with Crippen LogP contribution in [-0.2, 0) is 4.74 Å². The number of ether oxygens (including phenoxy) is 3. The van der Waals surface area contributed by atoms with Gasteiger partial charge in [0.2, 0.25) is 11.9 Å². The number of rotatable bonds is 8. The number of carbonyl (C=O) groups excluding carboxylic acids is 1. The number of Topliss-reactive ketones (excluding diaryl/α,β-unsaturated/α-hetero) is 1. The number of nitrogens with one attached hydrogen (secondary N) is 1. The van der Waals surface area contributed by atoms with Gasteiger partial charge in [-0.15, -0.1) is 10.2 Å². The molecule has 2 aliphatic heterocycles. The summed E-state index contributed by atoms with van der Waals surface area (Å²) in [6.07, 6.45) is 2.43. The van der Waals surface area contributed by atoms with Gasteiger partial charge in [0.05, 0.1) is 11.9 Å². The van der Waals surface area contributed by atoms with Crippen LogP contribution in [0.15, 0.2) is 28.6 Å². The van der Waals surface area contributed by atoms with Crippen molar-refractivity contribution in [3.05, 3.63) is 41.2 Å². The Labute approximate surface area is 194 Å². The lowest BCUT2D eigenvalue weighted by Crippen LogP contribution is -2.18. The van der Waals surface area contributed by atoms with Crippen LogP contribution in [0.2, 0.25) is 0 Å². The lowest BCUT2D eigenvalue weighted by molar-refractivity contribution is 0.102. The normalized spacial score (nSPS) is 17.1. The molecule has 0 aliphatic carbocycles. The van der Waals surface area contributed by atoms with E-state index in [1.54, 1.807) is 0 Å². The first-order valence-corrected chi connectivity index (χ1v) is 12.3. The van der Waals surface area contributed by atoms with Crippen LogP contribution >= 0.6 is 23.1 Å². The van der Waals surface area contributed by atoms with Crippen LogP contribution in [0.5, 0.6) is 11.5 Å². The third kappa shape index (κ3) is 4.35. The second kappa shape index (κ2) is 9.13. The number of fused-ring (bicyclic) bond motifs is 1. The standard InChI is InChI=1S/C22H24N4O4S2/c1-13-8-17(14(2)26(13)15-5-6-19-20(9-15)30-12-29-19)18(27)11-31-22-25-24-21(32-22)23-10-16-4-3-7-28-16/h5-6,8-9,16H,3-4,7,10-12H2,1-2H3,(H,23,24). The van der Waals surface area contributed by atoms with Crippen molar-refractivity contribution in [3.63, 3.8) is 0 Å². The zero-order chi connectivity index (χ0) is 22.1. The molecule has 8 nitrogen and oxygen atoms in total. The number of hydrogen-bond acceptors (Lipinski definition) is 9. The first-order chi connectivity index (χ1) is 15.6. The maximum absolute atomic E-state index is 13.0. The zero-order valence-electron chi connectivity index (χ0n) is 17.9. The van der Waals surface area contributed by atoms with Gasteiger partial charge in [0.1, 0.15) is 0 Å². The summed E-state index contributed by atoms with van der Waals surface area (Å²) in [5, 5.41) is 12.4. The van der Waals surface area contributed by atoms with Crippen LogP contribution in [0.3, 0.4) is 0 Å². The second-order valence-corrected chi connectivity index (χ2v) is 9.96. The minimum absolute atomic E-state index is 0.0687. The molecule has 10 heteroatoms. The Morgan fingerprint density at radius 2 is 2.12 bits per heavy atom. The fraction of sp³-hybridized carbons (Fsp3) is 0.409. The molecule has 2 aromatic heterocycles. The largest absolute Gasteiger partial charge is 0.454 e. The molecule has 1 N–H and O–H groups in total. The van der Waals surface area contributed by atoms with Gasteiger partial charge in [-0.3, -0.25) is 4.79 Å². The molecule has 1 unspecified atom stereocenters. The molecule has 5 rings (SSSR count). The van der Waals surface area contributed by atoms with Crippen LogP contribution in [0, 0.1) is 13.8 Å². The van der Waals surface area contributed by atoms with E-state index in [4.69, 9.17) is 14.2 Å². The van der Waals surface area contributed by atoms with Gasteiger partial charge in [0, 0.05) is 41.9 Å². The SMILES string of the molecule is Cc1cc(C(=O)CSc2nnc(NCC3CCCO3)s2)c(C)n1-c1ccc2c(c1)OCO2. The zero-order valence-corrected chi connectivity index (χ0v) is 19.6. The van der Waals surface area contributed by atoms with Crippen molar-refractivity contribution >= 4 is 34.0 Å². The van der Waals surface area contributed by atoms with Crippen LogP contribution in [-0.4, -0.2) is 52.3 Å². The fourth-order valence-electron chi connectivity index (χ4n) is 4.02. The molecular weight excluding hydrogens is 448 g/mol. The van der Waals surface area contributed by atoms with Crippen molar-refractivity contribution in [2.45, 2.75) is 37.1 Å². The topological polar surface area (TPSA) is 87.5 Å². The summed E-state index contributed by atoms with van der Waals surface area (Å²) >= 11 is 2.88. The van der Waals surface area contributed by atoms with Crippen LogP contribution in [0.25, 0.3) is 5.69 Å². The predicted molar refractivity (Wildman–Crippen MR) is 124 cm³/mol. The van der Waals surface area contributed by atoms with Gasteiger partial charge in [-0.25, -0.2) is 0 Å². The summed E-state index contributed by atoms with van der Waals surface area (Å²) in [4.78, 5) is 13.0. The number of aromatic nitrogens is 3. The minimum Gasteiger partial charge on any atom is -0.454 e. The first-order valence-electron chi connectivity index (χ1n) is 10.5. The van der Waals surface area contributed by atoms with Crippen molar-refractivity contribution < 1.29 is 19.0 Å². The highest BCUT2D eigenvalue weighted by molar-refractivity contribution is 8.01. The molecule has 3 aromatic rings. The molecule has 168 valence electrons. The first kappa shape index (κ1) is 21.3. The quantitative estimate of drug-likeness (QED) is 0.385. The van der Waals surface area contributed by atoms with Gasteiger partial charge in [-0.1, -0.05) is 23.1 Å². The molecule has 1 saturated heterocycles. The highest BCUT2D eigenvalue weighted by Gasteiger charge is 2.20. The van der Waals surface area contributed by atoms with E-state index in [1.807, 2.05) is 38.1 Å². The lowest BCUT2D eigenvalue weighted by Gasteiger charge is -2.10. The molecule has 0 saturated carbocycles. The van der Waals surface area contributed by atoms with Crippen LogP contribution < -0.4 is 14.8 Å². The Morgan fingerprint density at radius 3 is 2.97 bits per heavy atom. The molecule has 1 aromatic carbocycles. The maximum atomic E-state index is 13.0. The maximum Gasteiger partial charge on any atom is 0.231 e. The number of ketones is 1. The van der Waals surface area contributed by atoms with E-state index in [2.05, 4.69) is 20.1 Å². The van der Waals surface area contributed by atoms with Gasteiger partial charge < -0.3 is 24.1 Å². The molecule has 0 amide bonds. The number of nitrogens with zero attached hydrogens (tertiary/aromatic N) is 3. The van der Waals surface area contributed by atoms with E-state index in [0.29, 0.717) is 11.3 Å². The highest BCUT2D eigenvalue weighted by Crippen LogP contribution is 2.35. The highest BCUT2D eigenvalue weighted by atomic mass is 32.2. The number of thioether (sulfide) groups is 1. The van der Waals surface area contributed by atoms with E-state index < -0.39 is 0 Å². The molecule has 4 heterocycles. The van der Waals surface area contributed by atoms with E-state index in [1.165, 1.54) is 23.1 Å². The summed E-state index contributed by atoms with van der Waals surface area (Å²) < 4.78 is 19.4. The van der Waals surface area contributed by atoms with E-state index in [-0.39, 0.29) is 18.7 Å². The Morgan fingerprint density at radius 1 is 1.25 bits per heavy atom. The number of carbonyl (C=O) groups is 1. The fourth-order valence-corrected chi connectivity index (χ4v) is 5.66. The smallest absolute Gasteiger partial charge is 0.231 e. The summed E-state index contributed by atoms with van der Waals surface area (Å²) in [5.74, 6) is 1.84. The minimum atomic E-state index is 0.0687. The number of benzene rings is 1. The molecule has 2 aliphatic rings. The summed E-state index contributed by atoms with van der Waals surface area (Å²) in [5.41, 5.74) is 3.56. The molecule has 1 atom stereocenters. The predicted octanol–water partition coefficient (Wildman–Crippen LogP) is 4.24. The summed E-state index contributed by atoms with van der Waals surface area (Å²) in [6, 6.07) is 7.76. The van der Waals surface area contributed by atoms with Crippen LogP contribution in [0.4, 0.5) is 5.13 Å². The van der Waals surface area contributed by atoms with Crippen molar-refractivity contribution in [1.29, 1.82) is 0 Å². The van der Waals surface area contributed by atoms with E-state index in [0.717, 1.165) is 64.0 Å². The number of aryl methyl sites for hydroxylation is 1. The van der Waals surface area contributed by atoms with Gasteiger partial charge in [-0.2, -0.15) is 0 Å². The lowest BCUT2D eigenvalue weighted by atomic mass is 10.2. The Kier molecular flexibility index (Phi) is 6.07. The molecule has 0 radical (unpaired) electrons. The van der Waals surface area contributed by atoms with Gasteiger partial charge in [0.15, 0.2) is 21.6 Å². The molecule has 1 fully saturated rings. The average Bonchev–Trinajstić information content (AvgIpc) is 3.58. The summed E-state index contributed by atoms with van der Waals surface area (Å²) in [7, 11) is 0. The van der Waals surface area contributed by atoms with Gasteiger partial charge in [-0.05, 0) is 44.9 Å². The third-order valence-electron chi connectivity index (χ3n) is 5.58. The Hall–Kier alpha value is -2.56. The Bertz CT molecular complexity index is 1140. The molecule has 0 bridgehead atoms. The number of anilines is 1. The van der Waals surface area contributed by atoms with Crippen molar-refractivity contribution in [2.75, 3.05) is 31.0 Å². The molecule has 0 spiro atoms. The monoisotopic (exact) mass is 472 g/mol. The average molecular weight is 473 g/mol. The van der Waals surface area contributed by atoms with Gasteiger partial charge in [0.25, 0.3) is 0 Å². The molecular formula is C22H24N4O4S2. The molecule has 32 heavy (non-hydrogen) atoms.